The molecule has 24 heavy (non-hydrogen) atoms. The Balaban J connectivity index is 2.37. The van der Waals surface area contributed by atoms with Crippen molar-refractivity contribution in [2.24, 2.45) is 0 Å². The maximum Gasteiger partial charge on any atom is 0.416 e. The van der Waals surface area contributed by atoms with Gasteiger partial charge in [-0.3, -0.25) is 4.79 Å². The number of benzene rings is 2. The van der Waals surface area contributed by atoms with Crippen molar-refractivity contribution in [3.8, 4) is 11.5 Å². The molecule has 0 aliphatic carbocycles. The van der Waals surface area contributed by atoms with E-state index in [1.165, 1.54) is 31.4 Å². The zero-order valence-electron chi connectivity index (χ0n) is 12.3. The maximum atomic E-state index is 13.0. The van der Waals surface area contributed by atoms with Crippen LogP contribution in [0.15, 0.2) is 39.3 Å². The summed E-state index contributed by atoms with van der Waals surface area (Å²) in [6.45, 7) is -0.308. The average Bonchev–Trinajstić information content (AvgIpc) is 2.55. The summed E-state index contributed by atoms with van der Waals surface area (Å²) in [6, 6.07) is 6.60. The number of rotatable bonds is 5. The van der Waals surface area contributed by atoms with Crippen LogP contribution in [-0.4, -0.2) is 13.4 Å². The first-order chi connectivity index (χ1) is 11.3. The van der Waals surface area contributed by atoms with Crippen LogP contribution in [0.5, 0.6) is 11.5 Å². The minimum Gasteiger partial charge on any atom is -0.493 e. The number of carbonyl (C=O) groups excluding carboxylic acids is 1. The van der Waals surface area contributed by atoms with Crippen LogP contribution in [0, 0.1) is 0 Å². The molecule has 128 valence electrons. The Kier molecular flexibility index (Phi) is 5.92. The molecule has 0 amide bonds. The van der Waals surface area contributed by atoms with Crippen LogP contribution in [0.3, 0.4) is 0 Å². The maximum absolute atomic E-state index is 13.0. The second kappa shape index (κ2) is 7.57. The van der Waals surface area contributed by atoms with Gasteiger partial charge in [-0.25, -0.2) is 0 Å². The lowest BCUT2D eigenvalue weighted by molar-refractivity contribution is -0.138. The Morgan fingerprint density at radius 1 is 1.17 bits per heavy atom. The zero-order chi connectivity index (χ0) is 17.9. The van der Waals surface area contributed by atoms with Gasteiger partial charge in [-0.05, 0) is 44.0 Å². The molecule has 0 N–H and O–H groups in total. The van der Waals surface area contributed by atoms with Gasteiger partial charge in [-0.2, -0.15) is 13.2 Å². The van der Waals surface area contributed by atoms with Crippen LogP contribution in [0.4, 0.5) is 13.2 Å². The van der Waals surface area contributed by atoms with Crippen molar-refractivity contribution < 1.29 is 27.4 Å². The molecular formula is C16H11Br2F3O3. The molecule has 0 radical (unpaired) electrons. The molecule has 0 fully saturated rings. The average molecular weight is 468 g/mol. The Morgan fingerprint density at radius 2 is 1.83 bits per heavy atom. The van der Waals surface area contributed by atoms with Gasteiger partial charge in [0.2, 0.25) is 0 Å². The third-order valence-corrected chi connectivity index (χ3v) is 5.34. The Bertz CT molecular complexity index is 761. The van der Waals surface area contributed by atoms with Crippen molar-refractivity contribution in [2.45, 2.75) is 12.8 Å². The quantitative estimate of drug-likeness (QED) is 0.534. The molecule has 0 bridgehead atoms. The van der Waals surface area contributed by atoms with E-state index in [1.54, 1.807) is 0 Å². The highest BCUT2D eigenvalue weighted by atomic mass is 79.9. The van der Waals surface area contributed by atoms with Gasteiger partial charge in [-0.1, -0.05) is 18.2 Å². The van der Waals surface area contributed by atoms with Gasteiger partial charge < -0.3 is 9.47 Å². The second-order valence-electron chi connectivity index (χ2n) is 4.69. The fourth-order valence-corrected chi connectivity index (χ4v) is 2.98. The van der Waals surface area contributed by atoms with Crippen molar-refractivity contribution in [3.05, 3.63) is 56.0 Å². The van der Waals surface area contributed by atoms with Crippen molar-refractivity contribution in [1.29, 1.82) is 0 Å². The van der Waals surface area contributed by atoms with E-state index in [-0.39, 0.29) is 23.7 Å². The highest BCUT2D eigenvalue weighted by Gasteiger charge is 2.33. The normalized spacial score (nSPS) is 11.2. The van der Waals surface area contributed by atoms with Crippen LogP contribution in [0.2, 0.25) is 0 Å². The van der Waals surface area contributed by atoms with Crippen LogP contribution in [-0.2, 0) is 12.8 Å². The molecule has 2 aromatic rings. The summed E-state index contributed by atoms with van der Waals surface area (Å²) >= 11 is 6.50. The molecule has 0 heterocycles. The zero-order valence-corrected chi connectivity index (χ0v) is 15.5. The highest BCUT2D eigenvalue weighted by Crippen LogP contribution is 2.43. The molecular weight excluding hydrogens is 457 g/mol. The smallest absolute Gasteiger partial charge is 0.416 e. The number of carbonyl (C=O) groups is 1. The molecule has 0 unspecified atom stereocenters. The minimum absolute atomic E-state index is 0.00506. The molecule has 0 spiro atoms. The largest absolute Gasteiger partial charge is 0.493 e. The van der Waals surface area contributed by atoms with Crippen LogP contribution < -0.4 is 9.47 Å². The summed E-state index contributed by atoms with van der Waals surface area (Å²) < 4.78 is 50.6. The summed E-state index contributed by atoms with van der Waals surface area (Å²) in [5.41, 5.74) is -0.444. The van der Waals surface area contributed by atoms with Crippen molar-refractivity contribution in [1.82, 2.24) is 0 Å². The van der Waals surface area contributed by atoms with Crippen molar-refractivity contribution in [3.63, 3.8) is 0 Å². The Hall–Kier alpha value is -1.54. The lowest BCUT2D eigenvalue weighted by atomic mass is 10.1. The lowest BCUT2D eigenvalue weighted by Crippen LogP contribution is -2.11. The number of hydrogen-bond donors (Lipinski definition) is 0. The second-order valence-corrected chi connectivity index (χ2v) is 6.27. The summed E-state index contributed by atoms with van der Waals surface area (Å²) in [7, 11) is 1.38. The molecule has 0 aliphatic heterocycles. The van der Waals surface area contributed by atoms with Gasteiger partial charge in [-0.15, -0.1) is 0 Å². The van der Waals surface area contributed by atoms with Crippen LogP contribution in [0.25, 0.3) is 0 Å². The Morgan fingerprint density at radius 3 is 2.42 bits per heavy atom. The monoisotopic (exact) mass is 466 g/mol. The third-order valence-electron chi connectivity index (χ3n) is 3.20. The van der Waals surface area contributed by atoms with Gasteiger partial charge in [0.05, 0.1) is 17.1 Å². The molecule has 0 saturated carbocycles. The number of aldehydes is 1. The first-order valence-electron chi connectivity index (χ1n) is 6.58. The van der Waals surface area contributed by atoms with Gasteiger partial charge in [0, 0.05) is 15.6 Å². The highest BCUT2D eigenvalue weighted by molar-refractivity contribution is 9.13. The summed E-state index contributed by atoms with van der Waals surface area (Å²) in [5, 5.41) is 0. The fraction of sp³-hybridized carbons (Fsp3) is 0.188. The predicted octanol–water partition coefficient (Wildman–Crippen LogP) is 5.63. The van der Waals surface area contributed by atoms with E-state index < -0.39 is 11.7 Å². The van der Waals surface area contributed by atoms with Gasteiger partial charge in [0.25, 0.3) is 0 Å². The standard InChI is InChI=1S/C16H11Br2F3O3/c1-23-12-6-10(7-22)13(17)14(18)15(12)24-8-9-4-2-3-5-11(9)16(19,20)21/h2-7H,8H2,1H3. The molecule has 0 aliphatic rings. The number of methoxy groups -OCH3 is 1. The van der Waals surface area contributed by atoms with Gasteiger partial charge in [0.1, 0.15) is 6.61 Å². The van der Waals surface area contributed by atoms with E-state index in [0.29, 0.717) is 20.8 Å². The minimum atomic E-state index is -4.47. The van der Waals surface area contributed by atoms with Crippen LogP contribution in [0.1, 0.15) is 21.5 Å². The van der Waals surface area contributed by atoms with Crippen molar-refractivity contribution >= 4 is 38.1 Å². The third kappa shape index (κ3) is 3.92. The first-order valence-corrected chi connectivity index (χ1v) is 8.17. The first kappa shape index (κ1) is 18.8. The Labute approximate surface area is 153 Å². The van der Waals surface area contributed by atoms with E-state index in [2.05, 4.69) is 31.9 Å². The molecule has 0 aromatic heterocycles. The molecule has 3 nitrogen and oxygen atoms in total. The summed E-state index contributed by atoms with van der Waals surface area (Å²) in [4.78, 5) is 11.0. The summed E-state index contributed by atoms with van der Waals surface area (Å²) in [6.07, 6.45) is -3.84. The molecule has 8 heteroatoms. The lowest BCUT2D eigenvalue weighted by Gasteiger charge is -2.17. The number of ether oxygens (including phenoxy) is 2. The molecule has 2 rings (SSSR count). The number of hydrogen-bond acceptors (Lipinski definition) is 3. The van der Waals surface area contributed by atoms with E-state index >= 15 is 0 Å². The number of halogens is 5. The summed E-state index contributed by atoms with van der Waals surface area (Å²) in [5.74, 6) is 0.434. The molecule has 0 saturated heterocycles. The van der Waals surface area contributed by atoms with E-state index in [9.17, 15) is 18.0 Å². The van der Waals surface area contributed by atoms with Gasteiger partial charge >= 0.3 is 6.18 Å². The van der Waals surface area contributed by atoms with E-state index in [1.807, 2.05) is 0 Å². The molecule has 0 atom stereocenters. The van der Waals surface area contributed by atoms with Crippen molar-refractivity contribution in [2.75, 3.05) is 7.11 Å². The molecule has 2 aromatic carbocycles. The predicted molar refractivity (Wildman–Crippen MR) is 89.6 cm³/mol. The van der Waals surface area contributed by atoms with Gasteiger partial charge in [0.15, 0.2) is 17.8 Å². The van der Waals surface area contributed by atoms with E-state index in [0.717, 1.165) is 6.07 Å². The topological polar surface area (TPSA) is 35.5 Å². The SMILES string of the molecule is COc1cc(C=O)c(Br)c(Br)c1OCc1ccccc1C(F)(F)F. The number of alkyl halides is 3. The van der Waals surface area contributed by atoms with Crippen LogP contribution >= 0.6 is 31.9 Å². The van der Waals surface area contributed by atoms with E-state index in [4.69, 9.17) is 9.47 Å². The fourth-order valence-electron chi connectivity index (χ4n) is 2.05.